The number of sulfonamides is 1. The number of anilines is 3. The average Bonchev–Trinajstić information content (AvgIpc) is 2.86. The second-order valence-corrected chi connectivity index (χ2v) is 9.37. The first-order valence-corrected chi connectivity index (χ1v) is 12.6. The lowest BCUT2D eigenvalue weighted by Crippen LogP contribution is -2.49. The number of piperazine rings is 1. The van der Waals surface area contributed by atoms with Gasteiger partial charge in [0, 0.05) is 44.5 Å². The summed E-state index contributed by atoms with van der Waals surface area (Å²) in [5.74, 6) is 2.85. The second kappa shape index (κ2) is 10.7. The molecule has 0 unspecified atom stereocenters. The Kier molecular flexibility index (Phi) is 7.43. The number of hydrogen-bond acceptors (Lipinski definition) is 9. The minimum Gasteiger partial charge on any atom is -0.494 e. The van der Waals surface area contributed by atoms with E-state index in [4.69, 9.17) is 9.47 Å². The fourth-order valence-corrected chi connectivity index (χ4v) is 5.24. The first-order valence-electron chi connectivity index (χ1n) is 11.2. The van der Waals surface area contributed by atoms with E-state index in [1.807, 2.05) is 43.0 Å². The number of ether oxygens (including phenoxy) is 2. The number of nitrogens with zero attached hydrogens (tertiary/aromatic N) is 5. The van der Waals surface area contributed by atoms with E-state index >= 15 is 0 Å². The van der Waals surface area contributed by atoms with E-state index in [1.165, 1.54) is 16.7 Å². The van der Waals surface area contributed by atoms with E-state index in [0.29, 0.717) is 62.5 Å². The molecule has 1 aliphatic heterocycles. The zero-order valence-corrected chi connectivity index (χ0v) is 20.0. The van der Waals surface area contributed by atoms with Crippen molar-refractivity contribution in [3.05, 3.63) is 55.0 Å². The Balaban J connectivity index is 1.47. The summed E-state index contributed by atoms with van der Waals surface area (Å²) in [6.07, 6.45) is 3.18. The van der Waals surface area contributed by atoms with Crippen molar-refractivity contribution in [2.45, 2.75) is 18.7 Å². The Morgan fingerprint density at radius 2 is 1.71 bits per heavy atom. The number of nitrogens with one attached hydrogen (secondary N) is 1. The number of rotatable bonds is 9. The molecule has 1 fully saturated rings. The van der Waals surface area contributed by atoms with Crippen molar-refractivity contribution >= 4 is 27.5 Å². The maximum atomic E-state index is 13.5. The molecule has 2 aromatic heterocycles. The van der Waals surface area contributed by atoms with Gasteiger partial charge in [-0.3, -0.25) is 0 Å². The van der Waals surface area contributed by atoms with Crippen LogP contribution in [-0.2, 0) is 10.0 Å². The lowest BCUT2D eigenvalue weighted by molar-refractivity contribution is 0.319. The Morgan fingerprint density at radius 3 is 2.41 bits per heavy atom. The molecule has 11 heteroatoms. The van der Waals surface area contributed by atoms with Gasteiger partial charge in [-0.2, -0.15) is 4.31 Å². The maximum Gasteiger partial charge on any atom is 0.247 e. The minimum absolute atomic E-state index is 0.123. The molecule has 0 amide bonds. The molecule has 1 N–H and O–H groups in total. The number of pyridine rings is 1. The average molecular weight is 485 g/mol. The summed E-state index contributed by atoms with van der Waals surface area (Å²) in [4.78, 5) is 15.0. The van der Waals surface area contributed by atoms with E-state index in [1.54, 1.807) is 18.3 Å². The van der Waals surface area contributed by atoms with Crippen molar-refractivity contribution in [1.82, 2.24) is 19.3 Å². The van der Waals surface area contributed by atoms with Gasteiger partial charge in [0.05, 0.1) is 13.2 Å². The van der Waals surface area contributed by atoms with Crippen molar-refractivity contribution in [3.63, 3.8) is 0 Å². The van der Waals surface area contributed by atoms with Gasteiger partial charge in [0.25, 0.3) is 0 Å². The molecular weight excluding hydrogens is 456 g/mol. The van der Waals surface area contributed by atoms with Crippen molar-refractivity contribution in [2.24, 2.45) is 0 Å². The number of hydrogen-bond donors (Lipinski definition) is 1. The van der Waals surface area contributed by atoms with Gasteiger partial charge < -0.3 is 19.7 Å². The molecule has 3 aromatic rings. The molecule has 1 aromatic carbocycles. The fourth-order valence-electron chi connectivity index (χ4n) is 3.67. The third-order valence-corrected chi connectivity index (χ3v) is 7.20. The van der Waals surface area contributed by atoms with Crippen LogP contribution in [-0.4, -0.2) is 67.1 Å². The molecule has 0 atom stereocenters. The summed E-state index contributed by atoms with van der Waals surface area (Å²) in [5, 5.41) is 3.15. The standard InChI is InChI=1S/C23H28N6O4S/c1-3-32-18-8-9-19(33-4-2)20(15-18)34(30,31)29-13-11-28(12-14-29)23-16-22(25-17-26-23)27-21-7-5-6-10-24-21/h5-10,15-17H,3-4,11-14H2,1-2H3,(H,24,25,26,27). The summed E-state index contributed by atoms with van der Waals surface area (Å²) in [7, 11) is -3.76. The van der Waals surface area contributed by atoms with Gasteiger partial charge >= 0.3 is 0 Å². The van der Waals surface area contributed by atoms with Crippen molar-refractivity contribution in [2.75, 3.05) is 49.6 Å². The molecule has 0 radical (unpaired) electrons. The number of aromatic nitrogens is 3. The molecule has 1 saturated heterocycles. The fraction of sp³-hybridized carbons (Fsp3) is 0.348. The van der Waals surface area contributed by atoms with Crippen LogP contribution in [0.15, 0.2) is 59.9 Å². The van der Waals surface area contributed by atoms with Crippen LogP contribution in [0.3, 0.4) is 0 Å². The molecule has 4 rings (SSSR count). The Bertz CT molecular complexity index is 1200. The zero-order valence-electron chi connectivity index (χ0n) is 19.2. The monoisotopic (exact) mass is 484 g/mol. The predicted octanol–water partition coefficient (Wildman–Crippen LogP) is 2.92. The van der Waals surface area contributed by atoms with Gasteiger partial charge in [-0.1, -0.05) is 6.07 Å². The van der Waals surface area contributed by atoms with E-state index < -0.39 is 10.0 Å². The second-order valence-electron chi connectivity index (χ2n) is 7.47. The van der Waals surface area contributed by atoms with Crippen LogP contribution >= 0.6 is 0 Å². The Hall–Kier alpha value is -3.44. The van der Waals surface area contributed by atoms with Gasteiger partial charge in [-0.25, -0.2) is 23.4 Å². The van der Waals surface area contributed by atoms with Crippen LogP contribution in [0.25, 0.3) is 0 Å². The van der Waals surface area contributed by atoms with Crippen LogP contribution < -0.4 is 19.7 Å². The highest BCUT2D eigenvalue weighted by Gasteiger charge is 2.32. The molecule has 0 bridgehead atoms. The first-order chi connectivity index (χ1) is 16.5. The Labute approximate surface area is 199 Å². The molecule has 180 valence electrons. The van der Waals surface area contributed by atoms with E-state index in [-0.39, 0.29) is 4.90 Å². The summed E-state index contributed by atoms with van der Waals surface area (Å²) >= 11 is 0. The third-order valence-electron chi connectivity index (χ3n) is 5.28. The molecule has 0 saturated carbocycles. The predicted molar refractivity (Wildman–Crippen MR) is 129 cm³/mol. The van der Waals surface area contributed by atoms with Crippen LogP contribution in [0.2, 0.25) is 0 Å². The summed E-state index contributed by atoms with van der Waals surface area (Å²) in [5.41, 5.74) is 0. The van der Waals surface area contributed by atoms with E-state index in [9.17, 15) is 8.42 Å². The highest BCUT2D eigenvalue weighted by molar-refractivity contribution is 7.89. The van der Waals surface area contributed by atoms with Crippen molar-refractivity contribution < 1.29 is 17.9 Å². The lowest BCUT2D eigenvalue weighted by Gasteiger charge is -2.35. The van der Waals surface area contributed by atoms with E-state index in [0.717, 1.165) is 5.82 Å². The Morgan fingerprint density at radius 1 is 0.912 bits per heavy atom. The summed E-state index contributed by atoms with van der Waals surface area (Å²) in [6, 6.07) is 12.3. The molecule has 3 heterocycles. The van der Waals surface area contributed by atoms with Gasteiger partial charge in [0.1, 0.15) is 40.2 Å². The molecule has 0 spiro atoms. The number of benzene rings is 1. The smallest absolute Gasteiger partial charge is 0.247 e. The van der Waals surface area contributed by atoms with Gasteiger partial charge in [0.15, 0.2) is 0 Å². The highest BCUT2D eigenvalue weighted by atomic mass is 32.2. The molecule has 1 aliphatic rings. The third kappa shape index (κ3) is 5.37. The van der Waals surface area contributed by atoms with Gasteiger partial charge in [-0.05, 0) is 38.1 Å². The van der Waals surface area contributed by atoms with Crippen molar-refractivity contribution in [1.29, 1.82) is 0 Å². The molecular formula is C23H28N6O4S. The first kappa shape index (κ1) is 23.7. The molecule has 34 heavy (non-hydrogen) atoms. The SMILES string of the molecule is CCOc1ccc(OCC)c(S(=O)(=O)N2CCN(c3cc(Nc4ccccn4)ncn3)CC2)c1. The minimum atomic E-state index is -3.76. The zero-order chi connectivity index (χ0) is 24.0. The largest absolute Gasteiger partial charge is 0.494 e. The summed E-state index contributed by atoms with van der Waals surface area (Å²) in [6.45, 7) is 6.12. The van der Waals surface area contributed by atoms with Crippen LogP contribution in [0.5, 0.6) is 11.5 Å². The quantitative estimate of drug-likeness (QED) is 0.490. The molecule has 10 nitrogen and oxygen atoms in total. The van der Waals surface area contributed by atoms with Crippen LogP contribution in [0.4, 0.5) is 17.5 Å². The highest BCUT2D eigenvalue weighted by Crippen LogP contribution is 2.32. The maximum absolute atomic E-state index is 13.5. The van der Waals surface area contributed by atoms with E-state index in [2.05, 4.69) is 20.3 Å². The van der Waals surface area contributed by atoms with Crippen LogP contribution in [0, 0.1) is 0 Å². The van der Waals surface area contributed by atoms with Gasteiger partial charge in [0.2, 0.25) is 10.0 Å². The van der Waals surface area contributed by atoms with Crippen LogP contribution in [0.1, 0.15) is 13.8 Å². The normalized spacial score (nSPS) is 14.6. The summed E-state index contributed by atoms with van der Waals surface area (Å²) < 4.78 is 39.5. The van der Waals surface area contributed by atoms with Crippen molar-refractivity contribution in [3.8, 4) is 11.5 Å². The topological polar surface area (TPSA) is 110 Å². The lowest BCUT2D eigenvalue weighted by atomic mass is 10.3. The molecule has 0 aliphatic carbocycles. The van der Waals surface area contributed by atoms with Gasteiger partial charge in [-0.15, -0.1) is 0 Å².